The Bertz CT molecular complexity index is 603. The summed E-state index contributed by atoms with van der Waals surface area (Å²) in [4.78, 5) is 12.0. The minimum Gasteiger partial charge on any atom is -0.399 e. The lowest BCUT2D eigenvalue weighted by Crippen LogP contribution is -2.06. The smallest absolute Gasteiger partial charge is 0.399 e. The van der Waals surface area contributed by atoms with Crippen molar-refractivity contribution in [3.63, 3.8) is 0 Å². The number of halogens is 3. The van der Waals surface area contributed by atoms with E-state index >= 15 is 0 Å². The Morgan fingerprint density at radius 1 is 0.947 bits per heavy atom. The molecule has 0 radical (unpaired) electrons. The average molecular weight is 265 g/mol. The third-order valence-electron chi connectivity index (χ3n) is 2.62. The second kappa shape index (κ2) is 4.76. The van der Waals surface area contributed by atoms with Gasteiger partial charge in [-0.25, -0.2) is 0 Å². The van der Waals surface area contributed by atoms with Gasteiger partial charge in [0.15, 0.2) is 5.78 Å². The quantitative estimate of drug-likeness (QED) is 0.667. The molecule has 0 saturated carbocycles. The second-order valence-electron chi connectivity index (χ2n) is 4.03. The summed E-state index contributed by atoms with van der Waals surface area (Å²) in [5.41, 5.74) is 5.74. The van der Waals surface area contributed by atoms with Gasteiger partial charge in [0.25, 0.3) is 0 Å². The van der Waals surface area contributed by atoms with Crippen LogP contribution in [0.1, 0.15) is 21.5 Å². The van der Waals surface area contributed by atoms with E-state index in [2.05, 4.69) is 0 Å². The molecule has 2 N–H and O–H groups in total. The van der Waals surface area contributed by atoms with Crippen molar-refractivity contribution in [1.29, 1.82) is 0 Å². The molecule has 0 bridgehead atoms. The number of alkyl halides is 3. The number of carbonyl (C=O) groups is 1. The van der Waals surface area contributed by atoms with Crippen LogP contribution in [0.5, 0.6) is 0 Å². The maximum atomic E-state index is 12.4. The number of hydrogen-bond donors (Lipinski definition) is 1. The van der Waals surface area contributed by atoms with Crippen LogP contribution in [0.15, 0.2) is 48.5 Å². The topological polar surface area (TPSA) is 43.1 Å². The number of rotatable bonds is 2. The predicted octanol–water partition coefficient (Wildman–Crippen LogP) is 3.52. The normalized spacial score (nSPS) is 11.3. The maximum absolute atomic E-state index is 12.4. The molecule has 2 aromatic rings. The highest BCUT2D eigenvalue weighted by Crippen LogP contribution is 2.29. The number of hydrogen-bond acceptors (Lipinski definition) is 2. The third kappa shape index (κ3) is 2.93. The Morgan fingerprint density at radius 3 is 2.11 bits per heavy atom. The van der Waals surface area contributed by atoms with Crippen LogP contribution in [0.2, 0.25) is 0 Å². The van der Waals surface area contributed by atoms with Gasteiger partial charge in [0, 0.05) is 16.8 Å². The molecule has 0 heterocycles. The highest BCUT2D eigenvalue weighted by Gasteiger charge is 2.30. The summed E-state index contributed by atoms with van der Waals surface area (Å²) >= 11 is 0. The van der Waals surface area contributed by atoms with Gasteiger partial charge in [-0.15, -0.1) is 0 Å². The zero-order valence-corrected chi connectivity index (χ0v) is 9.74. The van der Waals surface area contributed by atoms with Crippen molar-refractivity contribution in [3.05, 3.63) is 65.2 Å². The molecule has 2 aromatic carbocycles. The van der Waals surface area contributed by atoms with Crippen molar-refractivity contribution in [2.75, 3.05) is 5.73 Å². The molecule has 0 fully saturated rings. The molecule has 19 heavy (non-hydrogen) atoms. The lowest BCUT2D eigenvalue weighted by atomic mass is 10.0. The lowest BCUT2D eigenvalue weighted by Gasteiger charge is -2.07. The number of nitrogens with two attached hydrogens (primary N) is 1. The van der Waals surface area contributed by atoms with E-state index < -0.39 is 11.7 Å². The molecule has 2 nitrogen and oxygen atoms in total. The molecule has 0 aliphatic heterocycles. The monoisotopic (exact) mass is 265 g/mol. The molecule has 0 aliphatic carbocycles. The van der Waals surface area contributed by atoms with Crippen molar-refractivity contribution in [1.82, 2.24) is 0 Å². The van der Waals surface area contributed by atoms with Crippen LogP contribution in [0.25, 0.3) is 0 Å². The van der Waals surface area contributed by atoms with Gasteiger partial charge < -0.3 is 5.73 Å². The molecule has 98 valence electrons. The van der Waals surface area contributed by atoms with E-state index in [-0.39, 0.29) is 11.3 Å². The Labute approximate surface area is 107 Å². The SMILES string of the molecule is Nc1cccc(C(=O)c2ccc(C(F)(F)F)cc2)c1. The zero-order chi connectivity index (χ0) is 14.0. The summed E-state index contributed by atoms with van der Waals surface area (Å²) in [6.45, 7) is 0. The molecule has 5 heteroatoms. The average Bonchev–Trinajstić information content (AvgIpc) is 2.37. The molecule has 0 aliphatic rings. The number of carbonyl (C=O) groups excluding carboxylic acids is 1. The molecule has 0 aromatic heterocycles. The first-order valence-corrected chi connectivity index (χ1v) is 5.45. The van der Waals surface area contributed by atoms with Crippen LogP contribution in [0, 0.1) is 0 Å². The minimum absolute atomic E-state index is 0.193. The Kier molecular flexibility index (Phi) is 3.29. The highest BCUT2D eigenvalue weighted by atomic mass is 19.4. The highest BCUT2D eigenvalue weighted by molar-refractivity contribution is 6.09. The molecule has 0 unspecified atom stereocenters. The fourth-order valence-corrected chi connectivity index (χ4v) is 1.66. The van der Waals surface area contributed by atoms with E-state index in [1.807, 2.05) is 0 Å². The summed E-state index contributed by atoms with van der Waals surface area (Å²) in [5, 5.41) is 0. The van der Waals surface area contributed by atoms with Gasteiger partial charge in [0.2, 0.25) is 0 Å². The summed E-state index contributed by atoms with van der Waals surface area (Å²) in [5.74, 6) is -0.360. The van der Waals surface area contributed by atoms with Crippen LogP contribution in [-0.4, -0.2) is 5.78 Å². The van der Waals surface area contributed by atoms with Crippen molar-refractivity contribution >= 4 is 11.5 Å². The largest absolute Gasteiger partial charge is 0.416 e. The molecular formula is C14H10F3NO. The fraction of sp³-hybridized carbons (Fsp3) is 0.0714. The van der Waals surface area contributed by atoms with Crippen LogP contribution in [0.3, 0.4) is 0 Å². The van der Waals surface area contributed by atoms with Gasteiger partial charge >= 0.3 is 6.18 Å². The van der Waals surface area contributed by atoms with Gasteiger partial charge in [0.05, 0.1) is 5.56 Å². The van der Waals surface area contributed by atoms with Crippen LogP contribution in [0.4, 0.5) is 18.9 Å². The number of benzene rings is 2. The van der Waals surface area contributed by atoms with Crippen molar-refractivity contribution in [2.45, 2.75) is 6.18 Å². The molecule has 2 rings (SSSR count). The first kappa shape index (κ1) is 13.1. The summed E-state index contributed by atoms with van der Waals surface area (Å²) in [6, 6.07) is 10.4. The fourth-order valence-electron chi connectivity index (χ4n) is 1.66. The summed E-state index contributed by atoms with van der Waals surface area (Å²) in [7, 11) is 0. The standard InChI is InChI=1S/C14H10F3NO/c15-14(16,17)11-6-4-9(5-7-11)13(19)10-2-1-3-12(18)8-10/h1-8H,18H2. The Morgan fingerprint density at radius 2 is 1.58 bits per heavy atom. The van der Waals surface area contributed by atoms with E-state index in [1.165, 1.54) is 6.07 Å². The summed E-state index contributed by atoms with van der Waals surface area (Å²) < 4.78 is 37.2. The van der Waals surface area contributed by atoms with E-state index in [0.717, 1.165) is 24.3 Å². The van der Waals surface area contributed by atoms with E-state index in [1.54, 1.807) is 18.2 Å². The first-order valence-electron chi connectivity index (χ1n) is 5.45. The van der Waals surface area contributed by atoms with Crippen LogP contribution >= 0.6 is 0 Å². The zero-order valence-electron chi connectivity index (χ0n) is 9.74. The minimum atomic E-state index is -4.40. The van der Waals surface area contributed by atoms with Gasteiger partial charge in [0.1, 0.15) is 0 Å². The van der Waals surface area contributed by atoms with Crippen molar-refractivity contribution in [3.8, 4) is 0 Å². The van der Waals surface area contributed by atoms with Crippen LogP contribution < -0.4 is 5.73 Å². The number of anilines is 1. The van der Waals surface area contributed by atoms with Crippen LogP contribution in [-0.2, 0) is 6.18 Å². The first-order chi connectivity index (χ1) is 8.88. The van der Waals surface area contributed by atoms with Gasteiger partial charge in [-0.3, -0.25) is 4.79 Å². The predicted molar refractivity (Wildman–Crippen MR) is 65.7 cm³/mol. The Hall–Kier alpha value is -2.30. The molecule has 0 saturated heterocycles. The Balaban J connectivity index is 2.30. The van der Waals surface area contributed by atoms with Gasteiger partial charge in [-0.2, -0.15) is 13.2 Å². The number of ketones is 1. The second-order valence-corrected chi connectivity index (χ2v) is 4.03. The van der Waals surface area contributed by atoms with Crippen molar-refractivity contribution < 1.29 is 18.0 Å². The van der Waals surface area contributed by atoms with E-state index in [9.17, 15) is 18.0 Å². The van der Waals surface area contributed by atoms with E-state index in [4.69, 9.17) is 5.73 Å². The van der Waals surface area contributed by atoms with Crippen molar-refractivity contribution in [2.24, 2.45) is 0 Å². The molecular weight excluding hydrogens is 255 g/mol. The maximum Gasteiger partial charge on any atom is 0.416 e. The lowest BCUT2D eigenvalue weighted by molar-refractivity contribution is -0.137. The van der Waals surface area contributed by atoms with E-state index in [0.29, 0.717) is 11.3 Å². The third-order valence-corrected chi connectivity index (χ3v) is 2.62. The molecule has 0 spiro atoms. The van der Waals surface area contributed by atoms with Gasteiger partial charge in [-0.1, -0.05) is 24.3 Å². The number of nitrogen functional groups attached to an aromatic ring is 1. The summed E-state index contributed by atoms with van der Waals surface area (Å²) in [6.07, 6.45) is -4.40. The molecule has 0 amide bonds. The van der Waals surface area contributed by atoms with Gasteiger partial charge in [-0.05, 0) is 24.3 Å². The molecule has 0 atom stereocenters.